The monoisotopic (exact) mass is 770 g/mol. The van der Waals surface area contributed by atoms with Crippen molar-refractivity contribution < 1.29 is 32.3 Å². The van der Waals surface area contributed by atoms with Crippen LogP contribution >= 0.6 is 15.9 Å². The van der Waals surface area contributed by atoms with Gasteiger partial charge in [-0.25, -0.2) is 4.52 Å². The zero-order chi connectivity index (χ0) is 36.9. The molecule has 1 aliphatic carbocycles. The van der Waals surface area contributed by atoms with E-state index in [2.05, 4.69) is 21.0 Å². The first kappa shape index (κ1) is 36.3. The number of carbonyl (C=O) groups excluding carboxylic acids is 3. The summed E-state index contributed by atoms with van der Waals surface area (Å²) in [7, 11) is 1.50. The van der Waals surface area contributed by atoms with Crippen LogP contribution in [0.3, 0.4) is 0 Å². The summed E-state index contributed by atoms with van der Waals surface area (Å²) in [5, 5.41) is 4.67. The van der Waals surface area contributed by atoms with Gasteiger partial charge in [-0.2, -0.15) is 18.3 Å². The number of carbonyl (C=O) groups is 3. The fraction of sp³-hybridized carbons (Fsp3) is 0.417. The van der Waals surface area contributed by atoms with Crippen molar-refractivity contribution in [2.45, 2.75) is 71.3 Å². The largest absolute Gasteiger partial charge is 0.443 e. The molecule has 2 amide bonds. The van der Waals surface area contributed by atoms with E-state index in [4.69, 9.17) is 10.5 Å². The summed E-state index contributed by atoms with van der Waals surface area (Å²) in [6.07, 6.45) is 0.0253. The molecule has 51 heavy (non-hydrogen) atoms. The van der Waals surface area contributed by atoms with Crippen molar-refractivity contribution in [2.75, 3.05) is 13.8 Å². The first-order chi connectivity index (χ1) is 24.1. The number of ether oxygens (including phenoxy) is 1. The highest BCUT2D eigenvalue weighted by Crippen LogP contribution is 2.37. The number of hydrogen-bond donors (Lipinski definition) is 1. The van der Waals surface area contributed by atoms with Gasteiger partial charge in [0.2, 0.25) is 0 Å². The lowest BCUT2D eigenvalue weighted by molar-refractivity contribution is -0.149. The van der Waals surface area contributed by atoms with E-state index in [1.54, 1.807) is 60.3 Å². The lowest BCUT2D eigenvalue weighted by Crippen LogP contribution is -2.46. The highest BCUT2D eigenvalue weighted by molar-refractivity contribution is 9.10. The van der Waals surface area contributed by atoms with Crippen molar-refractivity contribution in [3.8, 4) is 5.69 Å². The summed E-state index contributed by atoms with van der Waals surface area (Å²) in [5.41, 5.74) is 7.59. The number of halogens is 4. The normalized spacial score (nSPS) is 16.7. The molecule has 1 fully saturated rings. The Balaban J connectivity index is 1.33. The number of amides is 2. The number of fused-ring (bicyclic) bond motifs is 3. The standard InChI is InChI=1S/C36H38BrF3N6O5/c1-19(2)30(41)35(50)51-18-43(4)32(47)22-7-10-25(11-8-22)45-31-24(14-21-5-6-21)16-42-46(31)29-17-44(20(3)13-26(29)34(45)49)33(48)23-9-12-28(37)27(15-23)36(38,39)40/h7-12,15-16,19-21,30H,5-6,13-14,17-18,41H2,1-4H3/t20-,30+/m1/s1. The first-order valence-corrected chi connectivity index (χ1v) is 17.4. The number of rotatable bonds is 9. The average Bonchev–Trinajstić information content (AvgIpc) is 3.83. The van der Waals surface area contributed by atoms with Crippen LogP contribution in [0.15, 0.2) is 57.9 Å². The van der Waals surface area contributed by atoms with E-state index in [0.29, 0.717) is 40.5 Å². The molecule has 11 nitrogen and oxygen atoms in total. The van der Waals surface area contributed by atoms with Gasteiger partial charge in [0.1, 0.15) is 11.7 Å². The van der Waals surface area contributed by atoms with Crippen LogP contribution in [0.4, 0.5) is 13.2 Å². The molecule has 0 bridgehead atoms. The number of hydrogen-bond acceptors (Lipinski definition) is 7. The highest BCUT2D eigenvalue weighted by atomic mass is 79.9. The molecule has 2 aromatic heterocycles. The quantitative estimate of drug-likeness (QED) is 0.179. The Bertz CT molecular complexity index is 2070. The molecule has 2 N–H and O–H groups in total. The Labute approximate surface area is 300 Å². The van der Waals surface area contributed by atoms with E-state index in [-0.39, 0.29) is 41.2 Å². The highest BCUT2D eigenvalue weighted by Gasteiger charge is 2.37. The average molecular weight is 772 g/mol. The van der Waals surface area contributed by atoms with Gasteiger partial charge in [0.05, 0.1) is 29.7 Å². The Hall–Kier alpha value is -4.50. The second-order valence-corrected chi connectivity index (χ2v) is 14.6. The van der Waals surface area contributed by atoms with Crippen molar-refractivity contribution in [2.24, 2.45) is 17.6 Å². The van der Waals surface area contributed by atoms with Crippen molar-refractivity contribution in [3.63, 3.8) is 0 Å². The van der Waals surface area contributed by atoms with Gasteiger partial charge in [0.25, 0.3) is 17.4 Å². The van der Waals surface area contributed by atoms with Crippen LogP contribution in [0.2, 0.25) is 0 Å². The number of aromatic nitrogens is 3. The summed E-state index contributed by atoms with van der Waals surface area (Å²) in [6.45, 7) is 5.03. The van der Waals surface area contributed by atoms with Crippen LogP contribution in [0.25, 0.3) is 11.3 Å². The van der Waals surface area contributed by atoms with Crippen LogP contribution in [-0.2, 0) is 35.1 Å². The molecule has 0 spiro atoms. The number of benzene rings is 2. The Morgan fingerprint density at radius 2 is 1.76 bits per heavy atom. The maximum absolute atomic E-state index is 14.4. The van der Waals surface area contributed by atoms with Crippen LogP contribution in [-0.4, -0.2) is 67.6 Å². The van der Waals surface area contributed by atoms with E-state index in [9.17, 15) is 32.3 Å². The van der Waals surface area contributed by atoms with Crippen LogP contribution in [0.1, 0.15) is 76.7 Å². The maximum atomic E-state index is 14.4. The van der Waals surface area contributed by atoms with Crippen molar-refractivity contribution >= 4 is 39.4 Å². The molecule has 1 saturated carbocycles. The second-order valence-electron chi connectivity index (χ2n) is 13.7. The molecular weight excluding hydrogens is 733 g/mol. The minimum absolute atomic E-state index is 0.0315. The van der Waals surface area contributed by atoms with Gasteiger partial charge >= 0.3 is 12.1 Å². The molecule has 6 rings (SSSR count). The summed E-state index contributed by atoms with van der Waals surface area (Å²) in [5.74, 6) is -1.26. The summed E-state index contributed by atoms with van der Waals surface area (Å²) >= 11 is 2.93. The smallest absolute Gasteiger partial charge is 0.417 e. The van der Waals surface area contributed by atoms with Crippen molar-refractivity contribution in [1.82, 2.24) is 24.0 Å². The minimum atomic E-state index is -4.66. The third-order valence-corrected chi connectivity index (χ3v) is 10.2. The zero-order valence-electron chi connectivity index (χ0n) is 28.5. The SMILES string of the molecule is CC(C)[C@H](N)C(=O)OCN(C)C(=O)c1ccc(-n2c(=O)c3c(n4ncc(CC5CC5)c24)CN(C(=O)c2ccc(Br)c(C(F)(F)F)c2)[C@H](C)C3)cc1. The van der Waals surface area contributed by atoms with E-state index in [0.717, 1.165) is 24.5 Å². The third kappa shape index (κ3) is 7.18. The summed E-state index contributed by atoms with van der Waals surface area (Å²) < 4.78 is 49.3. The molecule has 0 radical (unpaired) electrons. The number of nitrogens with two attached hydrogens (primary N) is 1. The number of alkyl halides is 3. The molecular formula is C36H38BrF3N6O5. The predicted molar refractivity (Wildman–Crippen MR) is 185 cm³/mol. The molecule has 0 saturated heterocycles. The summed E-state index contributed by atoms with van der Waals surface area (Å²) in [6, 6.07) is 8.58. The van der Waals surface area contributed by atoms with Crippen LogP contribution < -0.4 is 11.3 Å². The summed E-state index contributed by atoms with van der Waals surface area (Å²) in [4.78, 5) is 56.2. The van der Waals surface area contributed by atoms with Crippen molar-refractivity contribution in [1.29, 1.82) is 0 Å². The Kier molecular flexibility index (Phi) is 9.90. The lowest BCUT2D eigenvalue weighted by Gasteiger charge is -2.35. The number of nitrogens with zero attached hydrogens (tertiary/aromatic N) is 5. The van der Waals surface area contributed by atoms with E-state index < -0.39 is 41.6 Å². The Morgan fingerprint density at radius 3 is 2.39 bits per heavy atom. The molecule has 0 unspecified atom stereocenters. The minimum Gasteiger partial charge on any atom is -0.443 e. The fourth-order valence-corrected chi connectivity index (χ4v) is 6.75. The molecule has 2 atom stereocenters. The zero-order valence-corrected chi connectivity index (χ0v) is 30.1. The van der Waals surface area contributed by atoms with E-state index >= 15 is 0 Å². The molecule has 1 aliphatic heterocycles. The second kappa shape index (κ2) is 13.9. The first-order valence-electron chi connectivity index (χ1n) is 16.7. The van der Waals surface area contributed by atoms with E-state index in [1.807, 2.05) is 0 Å². The van der Waals surface area contributed by atoms with Crippen molar-refractivity contribution in [3.05, 3.63) is 97.0 Å². The van der Waals surface area contributed by atoms with Crippen LogP contribution in [0, 0.1) is 11.8 Å². The third-order valence-electron chi connectivity index (χ3n) is 9.54. The van der Waals surface area contributed by atoms with Gasteiger partial charge < -0.3 is 20.3 Å². The topological polar surface area (TPSA) is 132 Å². The van der Waals surface area contributed by atoms with Gasteiger partial charge in [-0.05, 0) is 86.9 Å². The fourth-order valence-electron chi connectivity index (χ4n) is 6.28. The van der Waals surface area contributed by atoms with Gasteiger partial charge in [0, 0.05) is 39.8 Å². The molecule has 4 aromatic rings. The van der Waals surface area contributed by atoms with Gasteiger partial charge in [-0.3, -0.25) is 23.7 Å². The molecule has 270 valence electrons. The predicted octanol–water partition coefficient (Wildman–Crippen LogP) is 5.36. The molecule has 2 aromatic carbocycles. The molecule has 15 heteroatoms. The van der Waals surface area contributed by atoms with Gasteiger partial charge in [-0.1, -0.05) is 29.8 Å². The van der Waals surface area contributed by atoms with Gasteiger partial charge in [0.15, 0.2) is 6.73 Å². The lowest BCUT2D eigenvalue weighted by atomic mass is 9.97. The molecule has 3 heterocycles. The van der Waals surface area contributed by atoms with E-state index in [1.165, 1.54) is 29.0 Å². The number of esters is 1. The molecule has 2 aliphatic rings. The van der Waals surface area contributed by atoms with Crippen LogP contribution in [0.5, 0.6) is 0 Å². The van der Waals surface area contributed by atoms with Gasteiger partial charge in [-0.15, -0.1) is 0 Å². The maximum Gasteiger partial charge on any atom is 0.417 e. The Morgan fingerprint density at radius 1 is 1.10 bits per heavy atom.